The van der Waals surface area contributed by atoms with Crippen molar-refractivity contribution in [3.05, 3.63) is 65.5 Å². The predicted molar refractivity (Wildman–Crippen MR) is 105 cm³/mol. The molecule has 0 aliphatic heterocycles. The first-order valence-corrected chi connectivity index (χ1v) is 9.05. The van der Waals surface area contributed by atoms with E-state index in [9.17, 15) is 14.0 Å². The lowest BCUT2D eigenvalue weighted by molar-refractivity contribution is -0.117. The van der Waals surface area contributed by atoms with Crippen molar-refractivity contribution in [2.45, 2.75) is 20.4 Å². The number of hydrogen-bond donors (Lipinski definition) is 1. The minimum atomic E-state index is -0.287. The van der Waals surface area contributed by atoms with Crippen LogP contribution in [0, 0.1) is 5.82 Å². The molecule has 0 aliphatic rings. The molecule has 0 saturated heterocycles. The van der Waals surface area contributed by atoms with Gasteiger partial charge in [0.05, 0.1) is 6.54 Å². The first-order chi connectivity index (χ1) is 12.9. The van der Waals surface area contributed by atoms with Crippen LogP contribution in [-0.4, -0.2) is 48.3 Å². The molecule has 0 spiro atoms. The van der Waals surface area contributed by atoms with Crippen molar-refractivity contribution in [3.8, 4) is 0 Å². The summed E-state index contributed by atoms with van der Waals surface area (Å²) in [5.41, 5.74) is 2.04. The maximum Gasteiger partial charge on any atom is 0.253 e. The molecule has 2 aromatic rings. The number of anilines is 1. The van der Waals surface area contributed by atoms with Gasteiger partial charge >= 0.3 is 0 Å². The highest BCUT2D eigenvalue weighted by atomic mass is 19.1. The molecule has 0 fully saturated rings. The third-order valence-corrected chi connectivity index (χ3v) is 4.22. The monoisotopic (exact) mass is 371 g/mol. The SMILES string of the molecule is CCN(CC)C(=O)c1ccc(NC(=O)CN(C)Cc2cccc(F)c2)cc1. The Labute approximate surface area is 159 Å². The molecule has 0 heterocycles. The van der Waals surface area contributed by atoms with Gasteiger partial charge in [-0.3, -0.25) is 14.5 Å². The lowest BCUT2D eigenvalue weighted by Crippen LogP contribution is -2.30. The van der Waals surface area contributed by atoms with Crippen molar-refractivity contribution in [3.63, 3.8) is 0 Å². The number of hydrogen-bond acceptors (Lipinski definition) is 3. The number of nitrogens with zero attached hydrogens (tertiary/aromatic N) is 2. The van der Waals surface area contributed by atoms with E-state index in [2.05, 4.69) is 5.32 Å². The quantitative estimate of drug-likeness (QED) is 0.774. The maximum atomic E-state index is 13.2. The molecular formula is C21H26FN3O2. The minimum Gasteiger partial charge on any atom is -0.339 e. The Morgan fingerprint density at radius 3 is 2.30 bits per heavy atom. The van der Waals surface area contributed by atoms with E-state index in [1.54, 1.807) is 42.3 Å². The summed E-state index contributed by atoms with van der Waals surface area (Å²) in [6.07, 6.45) is 0. The molecule has 144 valence electrons. The Morgan fingerprint density at radius 1 is 1.04 bits per heavy atom. The normalized spacial score (nSPS) is 10.7. The molecule has 6 heteroatoms. The Bertz CT molecular complexity index is 773. The van der Waals surface area contributed by atoms with Gasteiger partial charge in [-0.05, 0) is 62.9 Å². The molecule has 0 bridgehead atoms. The van der Waals surface area contributed by atoms with Crippen LogP contribution in [0.25, 0.3) is 0 Å². The summed E-state index contributed by atoms with van der Waals surface area (Å²) in [6.45, 7) is 5.85. The van der Waals surface area contributed by atoms with E-state index in [1.807, 2.05) is 24.8 Å². The number of carbonyl (C=O) groups is 2. The van der Waals surface area contributed by atoms with E-state index in [4.69, 9.17) is 0 Å². The van der Waals surface area contributed by atoms with E-state index < -0.39 is 0 Å². The van der Waals surface area contributed by atoms with Gasteiger partial charge in [0.1, 0.15) is 5.82 Å². The summed E-state index contributed by atoms with van der Waals surface area (Å²) in [7, 11) is 1.80. The van der Waals surface area contributed by atoms with Crippen molar-refractivity contribution < 1.29 is 14.0 Å². The molecule has 0 aliphatic carbocycles. The summed E-state index contributed by atoms with van der Waals surface area (Å²) in [5, 5.41) is 2.81. The summed E-state index contributed by atoms with van der Waals surface area (Å²) in [6, 6.07) is 13.2. The van der Waals surface area contributed by atoms with Gasteiger partial charge in [0, 0.05) is 30.9 Å². The van der Waals surface area contributed by atoms with Gasteiger partial charge in [-0.1, -0.05) is 12.1 Å². The lowest BCUT2D eigenvalue weighted by atomic mass is 10.1. The second kappa shape index (κ2) is 9.83. The van der Waals surface area contributed by atoms with Gasteiger partial charge in [0.15, 0.2) is 0 Å². The van der Waals surface area contributed by atoms with Crippen LogP contribution in [0.2, 0.25) is 0 Å². The van der Waals surface area contributed by atoms with Crippen LogP contribution >= 0.6 is 0 Å². The average molecular weight is 371 g/mol. The van der Waals surface area contributed by atoms with Crippen molar-refractivity contribution in [1.82, 2.24) is 9.80 Å². The van der Waals surface area contributed by atoms with Crippen molar-refractivity contribution in [2.75, 3.05) is 32.0 Å². The first kappa shape index (κ1) is 20.6. The molecule has 2 amide bonds. The van der Waals surface area contributed by atoms with E-state index in [0.717, 1.165) is 5.56 Å². The zero-order chi connectivity index (χ0) is 19.8. The molecule has 0 aromatic heterocycles. The third kappa shape index (κ3) is 6.18. The summed E-state index contributed by atoms with van der Waals surface area (Å²) in [4.78, 5) is 28.0. The van der Waals surface area contributed by atoms with Crippen molar-refractivity contribution in [2.24, 2.45) is 0 Å². The molecule has 2 rings (SSSR count). The molecule has 0 saturated carbocycles. The van der Waals surface area contributed by atoms with E-state index >= 15 is 0 Å². The fourth-order valence-corrected chi connectivity index (χ4v) is 2.84. The third-order valence-electron chi connectivity index (χ3n) is 4.22. The van der Waals surface area contributed by atoms with Gasteiger partial charge in [-0.25, -0.2) is 4.39 Å². The highest BCUT2D eigenvalue weighted by Gasteiger charge is 2.13. The standard InChI is InChI=1S/C21H26FN3O2/c1-4-25(5-2)21(27)17-9-11-19(12-10-17)23-20(26)15-24(3)14-16-7-6-8-18(22)13-16/h6-13H,4-5,14-15H2,1-3H3,(H,23,26). The largest absolute Gasteiger partial charge is 0.339 e. The zero-order valence-electron chi connectivity index (χ0n) is 16.0. The van der Waals surface area contributed by atoms with Gasteiger partial charge in [-0.2, -0.15) is 0 Å². The Morgan fingerprint density at radius 2 is 1.70 bits per heavy atom. The zero-order valence-corrected chi connectivity index (χ0v) is 16.0. The van der Waals surface area contributed by atoms with Crippen LogP contribution in [-0.2, 0) is 11.3 Å². The Kier molecular flexibility index (Phi) is 7.49. The smallest absolute Gasteiger partial charge is 0.253 e. The second-order valence-electron chi connectivity index (χ2n) is 6.41. The van der Waals surface area contributed by atoms with Crippen LogP contribution in [0.3, 0.4) is 0 Å². The Hall–Kier alpha value is -2.73. The van der Waals surface area contributed by atoms with E-state index in [0.29, 0.717) is 30.9 Å². The lowest BCUT2D eigenvalue weighted by Gasteiger charge is -2.19. The molecule has 27 heavy (non-hydrogen) atoms. The fraction of sp³-hybridized carbons (Fsp3) is 0.333. The Balaban J connectivity index is 1.89. The molecule has 2 aromatic carbocycles. The number of rotatable bonds is 8. The first-order valence-electron chi connectivity index (χ1n) is 9.05. The second-order valence-corrected chi connectivity index (χ2v) is 6.41. The van der Waals surface area contributed by atoms with Crippen molar-refractivity contribution >= 4 is 17.5 Å². The number of carbonyl (C=O) groups excluding carboxylic acids is 2. The number of benzene rings is 2. The number of nitrogens with one attached hydrogen (secondary N) is 1. The highest BCUT2D eigenvalue weighted by molar-refractivity contribution is 5.96. The van der Waals surface area contributed by atoms with Gasteiger partial charge in [0.25, 0.3) is 5.91 Å². The summed E-state index contributed by atoms with van der Waals surface area (Å²) in [5.74, 6) is -0.478. The number of likely N-dealkylation sites (N-methyl/N-ethyl adjacent to an activating group) is 1. The average Bonchev–Trinajstić information content (AvgIpc) is 2.63. The topological polar surface area (TPSA) is 52.7 Å². The fourth-order valence-electron chi connectivity index (χ4n) is 2.84. The minimum absolute atomic E-state index is 0.0206. The molecule has 0 unspecified atom stereocenters. The summed E-state index contributed by atoms with van der Waals surface area (Å²) < 4.78 is 13.2. The summed E-state index contributed by atoms with van der Waals surface area (Å²) >= 11 is 0. The van der Waals surface area contributed by atoms with Crippen LogP contribution in [0.1, 0.15) is 29.8 Å². The predicted octanol–water partition coefficient (Wildman–Crippen LogP) is 3.38. The molecular weight excluding hydrogens is 345 g/mol. The van der Waals surface area contributed by atoms with Crippen LogP contribution in [0.15, 0.2) is 48.5 Å². The van der Waals surface area contributed by atoms with Crippen LogP contribution in [0.4, 0.5) is 10.1 Å². The molecule has 1 N–H and O–H groups in total. The molecule has 0 atom stereocenters. The van der Waals surface area contributed by atoms with Gasteiger partial charge < -0.3 is 10.2 Å². The van der Waals surface area contributed by atoms with Gasteiger partial charge in [-0.15, -0.1) is 0 Å². The molecule has 0 radical (unpaired) electrons. The van der Waals surface area contributed by atoms with E-state index in [-0.39, 0.29) is 24.2 Å². The highest BCUT2D eigenvalue weighted by Crippen LogP contribution is 2.12. The number of amides is 2. The van der Waals surface area contributed by atoms with Crippen LogP contribution < -0.4 is 5.32 Å². The van der Waals surface area contributed by atoms with E-state index in [1.165, 1.54) is 12.1 Å². The molecule has 5 nitrogen and oxygen atoms in total. The number of halogens is 1. The maximum absolute atomic E-state index is 13.2. The van der Waals surface area contributed by atoms with Crippen molar-refractivity contribution in [1.29, 1.82) is 0 Å². The van der Waals surface area contributed by atoms with Gasteiger partial charge in [0.2, 0.25) is 5.91 Å². The van der Waals surface area contributed by atoms with Crippen LogP contribution in [0.5, 0.6) is 0 Å².